The van der Waals surface area contributed by atoms with Crippen LogP contribution in [0.25, 0.3) is 10.9 Å². The molecule has 1 atom stereocenters. The Balaban J connectivity index is 1.88. The van der Waals surface area contributed by atoms with Crippen LogP contribution in [0, 0.1) is 11.6 Å². The lowest BCUT2D eigenvalue weighted by Crippen LogP contribution is -2.38. The standard InChI is InChI=1S/C19H20F2N2O6/c1-28-9-19(27)4-5-22(8-19)16-12(20)6-11-15(14(16)21)23(10-2-3-10)7-13(17(11)24)29-18(25)26/h6-7,10,27H,2-5,8-9H2,1H3,(H,25,26). The number of anilines is 1. The van der Waals surface area contributed by atoms with Gasteiger partial charge in [-0.3, -0.25) is 4.79 Å². The fourth-order valence-corrected chi connectivity index (χ4v) is 3.94. The monoisotopic (exact) mass is 410 g/mol. The number of β-amino-alcohol motifs (C(OH)–C–C–N with tert-alkyl or cyclic N) is 1. The Labute approximate surface area is 163 Å². The number of ether oxygens (including phenoxy) is 2. The Kier molecular flexibility index (Phi) is 4.70. The predicted octanol–water partition coefficient (Wildman–Crippen LogP) is 2.26. The second kappa shape index (κ2) is 6.96. The Morgan fingerprint density at radius 1 is 1.38 bits per heavy atom. The van der Waals surface area contributed by atoms with E-state index >= 15 is 4.39 Å². The van der Waals surface area contributed by atoms with Crippen LogP contribution < -0.4 is 15.1 Å². The molecule has 156 valence electrons. The molecule has 2 heterocycles. The van der Waals surface area contributed by atoms with E-state index in [-0.39, 0.29) is 48.7 Å². The van der Waals surface area contributed by atoms with Crippen LogP contribution in [0.3, 0.4) is 0 Å². The van der Waals surface area contributed by atoms with Crippen LogP contribution >= 0.6 is 0 Å². The van der Waals surface area contributed by atoms with Gasteiger partial charge in [0.05, 0.1) is 23.7 Å². The first-order valence-corrected chi connectivity index (χ1v) is 9.18. The predicted molar refractivity (Wildman–Crippen MR) is 98.7 cm³/mol. The number of benzene rings is 1. The van der Waals surface area contributed by atoms with Gasteiger partial charge >= 0.3 is 6.16 Å². The van der Waals surface area contributed by atoms with E-state index in [9.17, 15) is 19.1 Å². The van der Waals surface area contributed by atoms with E-state index < -0.39 is 34.6 Å². The second-order valence-electron chi connectivity index (χ2n) is 7.57. The molecule has 1 unspecified atom stereocenters. The highest BCUT2D eigenvalue weighted by atomic mass is 19.1. The van der Waals surface area contributed by atoms with Crippen LogP contribution in [0.2, 0.25) is 0 Å². The van der Waals surface area contributed by atoms with Crippen LogP contribution in [-0.2, 0) is 4.74 Å². The number of nitrogens with zero attached hydrogens (tertiary/aromatic N) is 2. The molecule has 2 fully saturated rings. The van der Waals surface area contributed by atoms with Crippen LogP contribution in [0.15, 0.2) is 17.1 Å². The zero-order chi connectivity index (χ0) is 20.9. The van der Waals surface area contributed by atoms with Gasteiger partial charge in [-0.15, -0.1) is 0 Å². The minimum Gasteiger partial charge on any atom is -0.449 e. The molecule has 2 aromatic rings. The van der Waals surface area contributed by atoms with Crippen molar-refractivity contribution in [2.24, 2.45) is 0 Å². The number of fused-ring (bicyclic) bond motifs is 1. The van der Waals surface area contributed by atoms with Crippen molar-refractivity contribution in [1.82, 2.24) is 4.57 Å². The average Bonchev–Trinajstić information content (AvgIpc) is 3.41. The molecular weight excluding hydrogens is 390 g/mol. The van der Waals surface area contributed by atoms with Gasteiger partial charge in [-0.25, -0.2) is 13.6 Å². The molecule has 2 N–H and O–H groups in total. The molecule has 4 rings (SSSR count). The van der Waals surface area contributed by atoms with E-state index in [1.807, 2.05) is 0 Å². The molecule has 1 saturated carbocycles. The molecule has 29 heavy (non-hydrogen) atoms. The zero-order valence-corrected chi connectivity index (χ0v) is 15.7. The number of pyridine rings is 1. The third kappa shape index (κ3) is 3.42. The fourth-order valence-electron chi connectivity index (χ4n) is 3.94. The number of rotatable bonds is 5. The minimum absolute atomic E-state index is 0.0198. The first kappa shape index (κ1) is 19.6. The Morgan fingerprint density at radius 3 is 2.72 bits per heavy atom. The van der Waals surface area contributed by atoms with E-state index in [1.54, 1.807) is 0 Å². The van der Waals surface area contributed by atoms with Gasteiger partial charge in [0.15, 0.2) is 11.6 Å². The van der Waals surface area contributed by atoms with Crippen molar-refractivity contribution in [3.05, 3.63) is 34.1 Å². The van der Waals surface area contributed by atoms with Crippen LogP contribution in [0.4, 0.5) is 19.3 Å². The summed E-state index contributed by atoms with van der Waals surface area (Å²) < 4.78 is 41.4. The number of aliphatic hydroxyl groups is 1. The van der Waals surface area contributed by atoms with Gasteiger partial charge in [-0.1, -0.05) is 0 Å². The maximum absolute atomic E-state index is 15.5. The van der Waals surface area contributed by atoms with Gasteiger partial charge in [-0.05, 0) is 25.3 Å². The van der Waals surface area contributed by atoms with Crippen LogP contribution in [0.5, 0.6) is 5.75 Å². The second-order valence-corrected chi connectivity index (χ2v) is 7.57. The van der Waals surface area contributed by atoms with E-state index in [4.69, 9.17) is 9.84 Å². The maximum atomic E-state index is 15.5. The van der Waals surface area contributed by atoms with E-state index in [2.05, 4.69) is 4.74 Å². The number of carboxylic acid groups (broad SMARTS) is 1. The van der Waals surface area contributed by atoms with Gasteiger partial charge in [0.1, 0.15) is 17.1 Å². The Bertz CT molecular complexity index is 1050. The lowest BCUT2D eigenvalue weighted by molar-refractivity contribution is -0.0139. The number of methoxy groups -OCH3 is 1. The smallest absolute Gasteiger partial charge is 0.449 e. The lowest BCUT2D eigenvalue weighted by Gasteiger charge is -2.25. The van der Waals surface area contributed by atoms with Crippen molar-refractivity contribution < 1.29 is 33.3 Å². The normalized spacial score (nSPS) is 21.7. The fraction of sp³-hybridized carbons (Fsp3) is 0.474. The molecule has 1 aromatic heterocycles. The summed E-state index contributed by atoms with van der Waals surface area (Å²) in [6, 6.07) is 0.767. The number of aromatic nitrogens is 1. The topological polar surface area (TPSA) is 101 Å². The summed E-state index contributed by atoms with van der Waals surface area (Å²) >= 11 is 0. The summed E-state index contributed by atoms with van der Waals surface area (Å²) in [5.74, 6) is -2.39. The maximum Gasteiger partial charge on any atom is 0.511 e. The molecule has 0 radical (unpaired) electrons. The van der Waals surface area contributed by atoms with Crippen molar-refractivity contribution in [2.45, 2.75) is 30.9 Å². The SMILES string of the molecule is COCC1(O)CCN(c2c(F)cc3c(=O)c(OC(=O)O)cn(C4CC4)c3c2F)C1. The average molecular weight is 410 g/mol. The molecule has 1 aliphatic carbocycles. The number of halogens is 2. The summed E-state index contributed by atoms with van der Waals surface area (Å²) in [5.41, 5.74) is -2.56. The van der Waals surface area contributed by atoms with E-state index in [0.717, 1.165) is 12.3 Å². The van der Waals surface area contributed by atoms with E-state index in [1.165, 1.54) is 16.6 Å². The largest absolute Gasteiger partial charge is 0.511 e. The van der Waals surface area contributed by atoms with E-state index in [0.29, 0.717) is 12.8 Å². The molecule has 0 amide bonds. The molecular formula is C19H20F2N2O6. The van der Waals surface area contributed by atoms with Gasteiger partial charge in [0.2, 0.25) is 5.43 Å². The van der Waals surface area contributed by atoms with Crippen molar-refractivity contribution in [3.8, 4) is 5.75 Å². The van der Waals surface area contributed by atoms with Crippen LogP contribution in [-0.4, -0.2) is 53.3 Å². The highest BCUT2D eigenvalue weighted by molar-refractivity contribution is 5.86. The zero-order valence-electron chi connectivity index (χ0n) is 15.7. The lowest BCUT2D eigenvalue weighted by atomic mass is 10.1. The molecule has 2 aliphatic rings. The van der Waals surface area contributed by atoms with Gasteiger partial charge in [0, 0.05) is 26.2 Å². The highest BCUT2D eigenvalue weighted by Crippen LogP contribution is 2.41. The van der Waals surface area contributed by atoms with Crippen LogP contribution in [0.1, 0.15) is 25.3 Å². The minimum atomic E-state index is -1.68. The molecule has 1 aromatic carbocycles. The first-order chi connectivity index (χ1) is 13.7. The number of carbonyl (C=O) groups is 1. The van der Waals surface area contributed by atoms with Gasteiger partial charge in [-0.2, -0.15) is 0 Å². The first-order valence-electron chi connectivity index (χ1n) is 9.18. The molecule has 8 nitrogen and oxygen atoms in total. The summed E-state index contributed by atoms with van der Waals surface area (Å²) in [4.78, 5) is 24.8. The number of hydrogen-bond acceptors (Lipinski definition) is 6. The van der Waals surface area contributed by atoms with Gasteiger partial charge < -0.3 is 29.2 Å². The third-order valence-corrected chi connectivity index (χ3v) is 5.35. The van der Waals surface area contributed by atoms with Crippen molar-refractivity contribution in [1.29, 1.82) is 0 Å². The summed E-state index contributed by atoms with van der Waals surface area (Å²) in [5, 5.41) is 19.0. The molecule has 10 heteroatoms. The summed E-state index contributed by atoms with van der Waals surface area (Å²) in [7, 11) is 1.43. The van der Waals surface area contributed by atoms with Crippen molar-refractivity contribution >= 4 is 22.7 Å². The molecule has 0 spiro atoms. The molecule has 1 aliphatic heterocycles. The molecule has 0 bridgehead atoms. The Hall–Kier alpha value is -2.72. The molecule has 1 saturated heterocycles. The summed E-state index contributed by atoms with van der Waals surface area (Å²) in [6.45, 7) is 0.226. The highest BCUT2D eigenvalue weighted by Gasteiger charge is 2.39. The van der Waals surface area contributed by atoms with Gasteiger partial charge in [0.25, 0.3) is 0 Å². The summed E-state index contributed by atoms with van der Waals surface area (Å²) in [6.07, 6.45) is 1.18. The quantitative estimate of drug-likeness (QED) is 0.729. The third-order valence-electron chi connectivity index (χ3n) is 5.35. The van der Waals surface area contributed by atoms with Crippen molar-refractivity contribution in [2.75, 3.05) is 31.7 Å². The Morgan fingerprint density at radius 2 is 2.10 bits per heavy atom. The van der Waals surface area contributed by atoms with Crippen molar-refractivity contribution in [3.63, 3.8) is 0 Å². The number of hydrogen-bond donors (Lipinski definition) is 2.